The predicted molar refractivity (Wildman–Crippen MR) is 89.5 cm³/mol. The standard InChI is InChI=1S/C16H24N6O/c1-12-10-22-15(18-12)6-5-14(20-22)19-13-7-9-21(11-13)8-3-4-16(23)17-2/h5-6,10,13H,3-4,7-9,11H2,1-2H3,(H,17,23)(H,19,20). The van der Waals surface area contributed by atoms with Gasteiger partial charge < -0.3 is 15.5 Å². The van der Waals surface area contributed by atoms with E-state index < -0.39 is 0 Å². The Labute approximate surface area is 136 Å². The van der Waals surface area contributed by atoms with E-state index in [4.69, 9.17) is 0 Å². The summed E-state index contributed by atoms with van der Waals surface area (Å²) in [6.45, 7) is 5.00. The van der Waals surface area contributed by atoms with Gasteiger partial charge in [0.1, 0.15) is 5.82 Å². The number of nitrogens with one attached hydrogen (secondary N) is 2. The Balaban J connectivity index is 1.49. The summed E-state index contributed by atoms with van der Waals surface area (Å²) < 4.78 is 1.81. The van der Waals surface area contributed by atoms with Crippen LogP contribution in [0.4, 0.5) is 5.82 Å². The van der Waals surface area contributed by atoms with Gasteiger partial charge in [-0.05, 0) is 38.4 Å². The number of amides is 1. The first kappa shape index (κ1) is 15.7. The fourth-order valence-corrected chi connectivity index (χ4v) is 3.03. The minimum Gasteiger partial charge on any atom is -0.365 e. The number of imidazole rings is 1. The van der Waals surface area contributed by atoms with Gasteiger partial charge in [0.05, 0.1) is 11.9 Å². The fraction of sp³-hybridized carbons (Fsp3) is 0.562. The Hall–Kier alpha value is -2.15. The van der Waals surface area contributed by atoms with Crippen molar-refractivity contribution in [3.8, 4) is 0 Å². The van der Waals surface area contributed by atoms with Gasteiger partial charge in [0.25, 0.3) is 0 Å². The van der Waals surface area contributed by atoms with Crippen LogP contribution in [0.25, 0.3) is 5.65 Å². The van der Waals surface area contributed by atoms with E-state index >= 15 is 0 Å². The zero-order valence-corrected chi connectivity index (χ0v) is 13.7. The Morgan fingerprint density at radius 1 is 1.43 bits per heavy atom. The molecule has 0 aromatic carbocycles. The quantitative estimate of drug-likeness (QED) is 0.833. The van der Waals surface area contributed by atoms with Crippen molar-refractivity contribution in [1.82, 2.24) is 24.8 Å². The molecule has 1 saturated heterocycles. The summed E-state index contributed by atoms with van der Waals surface area (Å²) in [5.74, 6) is 0.999. The highest BCUT2D eigenvalue weighted by molar-refractivity contribution is 5.75. The van der Waals surface area contributed by atoms with Crippen molar-refractivity contribution in [3.63, 3.8) is 0 Å². The summed E-state index contributed by atoms with van der Waals surface area (Å²) in [6, 6.07) is 4.37. The number of likely N-dealkylation sites (tertiary alicyclic amines) is 1. The molecule has 124 valence electrons. The average Bonchev–Trinajstić information content (AvgIpc) is 3.12. The monoisotopic (exact) mass is 316 g/mol. The molecule has 1 unspecified atom stereocenters. The van der Waals surface area contributed by atoms with Crippen LogP contribution in [-0.2, 0) is 4.79 Å². The number of carbonyl (C=O) groups excluding carboxylic acids is 1. The second-order valence-corrected chi connectivity index (χ2v) is 6.11. The zero-order chi connectivity index (χ0) is 16.2. The number of anilines is 1. The maximum absolute atomic E-state index is 11.2. The van der Waals surface area contributed by atoms with E-state index in [2.05, 4.69) is 25.6 Å². The van der Waals surface area contributed by atoms with Crippen molar-refractivity contribution in [2.75, 3.05) is 32.0 Å². The minimum atomic E-state index is 0.118. The fourth-order valence-electron chi connectivity index (χ4n) is 3.03. The first-order valence-corrected chi connectivity index (χ1v) is 8.16. The van der Waals surface area contributed by atoms with Gasteiger partial charge in [0.15, 0.2) is 5.65 Å². The number of rotatable bonds is 6. The zero-order valence-electron chi connectivity index (χ0n) is 13.7. The molecule has 3 heterocycles. The molecule has 0 radical (unpaired) electrons. The Morgan fingerprint density at radius 2 is 2.30 bits per heavy atom. The van der Waals surface area contributed by atoms with E-state index in [1.165, 1.54) is 0 Å². The third-order valence-electron chi connectivity index (χ3n) is 4.22. The third kappa shape index (κ3) is 3.98. The first-order valence-electron chi connectivity index (χ1n) is 8.16. The second kappa shape index (κ2) is 6.95. The Bertz CT molecular complexity index is 682. The lowest BCUT2D eigenvalue weighted by Gasteiger charge is -2.16. The number of aryl methyl sites for hydroxylation is 1. The summed E-state index contributed by atoms with van der Waals surface area (Å²) in [7, 11) is 1.68. The molecule has 1 fully saturated rings. The molecule has 0 saturated carbocycles. The van der Waals surface area contributed by atoms with Crippen LogP contribution in [0.1, 0.15) is 25.0 Å². The normalized spacial score (nSPS) is 18.4. The predicted octanol–water partition coefficient (Wildman–Crippen LogP) is 1.05. The lowest BCUT2D eigenvalue weighted by atomic mass is 10.2. The number of hydrogen-bond donors (Lipinski definition) is 2. The summed E-state index contributed by atoms with van der Waals surface area (Å²) >= 11 is 0. The lowest BCUT2D eigenvalue weighted by molar-refractivity contribution is -0.120. The van der Waals surface area contributed by atoms with Gasteiger partial charge in [-0.1, -0.05) is 0 Å². The molecule has 1 amide bonds. The summed E-state index contributed by atoms with van der Waals surface area (Å²) in [4.78, 5) is 18.0. The Kier molecular flexibility index (Phi) is 4.76. The molecule has 0 spiro atoms. The molecule has 2 aromatic rings. The van der Waals surface area contributed by atoms with E-state index in [1.807, 2.05) is 29.8 Å². The van der Waals surface area contributed by atoms with Gasteiger partial charge in [-0.3, -0.25) is 4.79 Å². The SMILES string of the molecule is CNC(=O)CCCN1CCC(Nc2ccc3nc(C)cn3n2)C1. The van der Waals surface area contributed by atoms with Gasteiger partial charge in [0.2, 0.25) is 5.91 Å². The van der Waals surface area contributed by atoms with Crippen LogP contribution in [0.3, 0.4) is 0 Å². The van der Waals surface area contributed by atoms with Gasteiger partial charge >= 0.3 is 0 Å². The third-order valence-corrected chi connectivity index (χ3v) is 4.22. The molecule has 2 N–H and O–H groups in total. The molecule has 2 aromatic heterocycles. The van der Waals surface area contributed by atoms with Crippen molar-refractivity contribution in [1.29, 1.82) is 0 Å². The van der Waals surface area contributed by atoms with E-state index in [0.29, 0.717) is 12.5 Å². The molecule has 7 nitrogen and oxygen atoms in total. The average molecular weight is 316 g/mol. The molecule has 0 aliphatic carbocycles. The van der Waals surface area contributed by atoms with E-state index in [-0.39, 0.29) is 5.91 Å². The highest BCUT2D eigenvalue weighted by atomic mass is 16.1. The van der Waals surface area contributed by atoms with Crippen molar-refractivity contribution in [3.05, 3.63) is 24.0 Å². The highest BCUT2D eigenvalue weighted by Gasteiger charge is 2.22. The van der Waals surface area contributed by atoms with Crippen molar-refractivity contribution < 1.29 is 4.79 Å². The van der Waals surface area contributed by atoms with Crippen LogP contribution >= 0.6 is 0 Å². The second-order valence-electron chi connectivity index (χ2n) is 6.11. The number of nitrogens with zero attached hydrogens (tertiary/aromatic N) is 4. The van der Waals surface area contributed by atoms with Crippen LogP contribution in [0.2, 0.25) is 0 Å². The van der Waals surface area contributed by atoms with Gasteiger partial charge in [-0.15, -0.1) is 5.10 Å². The van der Waals surface area contributed by atoms with Crippen LogP contribution in [-0.4, -0.2) is 58.1 Å². The maximum atomic E-state index is 11.2. The van der Waals surface area contributed by atoms with Crippen molar-refractivity contribution in [2.24, 2.45) is 0 Å². The van der Waals surface area contributed by atoms with Crippen LogP contribution in [0, 0.1) is 6.92 Å². The number of carbonyl (C=O) groups is 1. The van der Waals surface area contributed by atoms with Crippen molar-refractivity contribution >= 4 is 17.4 Å². The van der Waals surface area contributed by atoms with E-state index in [1.54, 1.807) is 7.05 Å². The summed E-state index contributed by atoms with van der Waals surface area (Å²) in [5.41, 5.74) is 1.84. The molecule has 0 bridgehead atoms. The topological polar surface area (TPSA) is 74.6 Å². The van der Waals surface area contributed by atoms with Crippen molar-refractivity contribution in [2.45, 2.75) is 32.2 Å². The molecule has 3 rings (SSSR count). The van der Waals surface area contributed by atoms with Crippen LogP contribution in [0.5, 0.6) is 0 Å². The summed E-state index contributed by atoms with van der Waals surface area (Å²) in [5, 5.41) is 10.7. The number of hydrogen-bond acceptors (Lipinski definition) is 5. The lowest BCUT2D eigenvalue weighted by Crippen LogP contribution is -2.28. The number of fused-ring (bicyclic) bond motifs is 1. The van der Waals surface area contributed by atoms with E-state index in [0.717, 1.165) is 49.6 Å². The molecular weight excluding hydrogens is 292 g/mol. The van der Waals surface area contributed by atoms with Crippen LogP contribution in [0.15, 0.2) is 18.3 Å². The Morgan fingerprint density at radius 3 is 3.13 bits per heavy atom. The largest absolute Gasteiger partial charge is 0.365 e. The first-order chi connectivity index (χ1) is 11.1. The number of aromatic nitrogens is 3. The van der Waals surface area contributed by atoms with E-state index in [9.17, 15) is 4.79 Å². The molecule has 1 aliphatic heterocycles. The van der Waals surface area contributed by atoms with Gasteiger partial charge in [-0.25, -0.2) is 9.50 Å². The van der Waals surface area contributed by atoms with Gasteiger partial charge in [0, 0.05) is 32.6 Å². The smallest absolute Gasteiger partial charge is 0.219 e. The molecule has 1 atom stereocenters. The van der Waals surface area contributed by atoms with Crippen LogP contribution < -0.4 is 10.6 Å². The highest BCUT2D eigenvalue weighted by Crippen LogP contribution is 2.15. The maximum Gasteiger partial charge on any atom is 0.219 e. The molecule has 7 heteroatoms. The summed E-state index contributed by atoms with van der Waals surface area (Å²) in [6.07, 6.45) is 4.54. The minimum absolute atomic E-state index is 0.118. The molecular formula is C16H24N6O. The molecule has 23 heavy (non-hydrogen) atoms. The van der Waals surface area contributed by atoms with Gasteiger partial charge in [-0.2, -0.15) is 0 Å². The molecule has 1 aliphatic rings.